The van der Waals surface area contributed by atoms with Crippen molar-refractivity contribution in [3.8, 4) is 0 Å². The molecule has 0 unspecified atom stereocenters. The lowest BCUT2D eigenvalue weighted by atomic mass is 9.93. The van der Waals surface area contributed by atoms with Gasteiger partial charge in [-0.2, -0.15) is 0 Å². The highest BCUT2D eigenvalue weighted by Gasteiger charge is 2.22. The van der Waals surface area contributed by atoms with Gasteiger partial charge in [0.1, 0.15) is 0 Å². The van der Waals surface area contributed by atoms with Crippen molar-refractivity contribution in [3.63, 3.8) is 0 Å². The van der Waals surface area contributed by atoms with Crippen LogP contribution in [-0.2, 0) is 18.4 Å². The molecule has 1 amide bonds. The van der Waals surface area contributed by atoms with E-state index in [2.05, 4.69) is 34.7 Å². The SMILES string of the molecule is CCNC(=NCc1ccn(C)c1)N1CCC(CC(=O)NC)CC1.I. The Labute approximate surface area is 162 Å². The van der Waals surface area contributed by atoms with Crippen molar-refractivity contribution in [1.82, 2.24) is 20.1 Å². The second-order valence-corrected chi connectivity index (χ2v) is 6.16. The Morgan fingerprint density at radius 1 is 1.38 bits per heavy atom. The van der Waals surface area contributed by atoms with Crippen LogP contribution in [0.25, 0.3) is 0 Å². The van der Waals surface area contributed by atoms with E-state index in [0.717, 1.165) is 38.4 Å². The minimum atomic E-state index is 0. The molecule has 1 aliphatic heterocycles. The van der Waals surface area contributed by atoms with Gasteiger partial charge in [-0.3, -0.25) is 4.79 Å². The average Bonchev–Trinajstić information content (AvgIpc) is 2.97. The molecule has 2 heterocycles. The van der Waals surface area contributed by atoms with Gasteiger partial charge in [0.15, 0.2) is 5.96 Å². The predicted octanol–water partition coefficient (Wildman–Crippen LogP) is 1.96. The fourth-order valence-corrected chi connectivity index (χ4v) is 2.96. The summed E-state index contributed by atoms with van der Waals surface area (Å²) in [6.45, 7) is 5.58. The first-order valence-electron chi connectivity index (χ1n) is 8.47. The molecule has 136 valence electrons. The minimum absolute atomic E-state index is 0. The maximum Gasteiger partial charge on any atom is 0.220 e. The zero-order valence-electron chi connectivity index (χ0n) is 14.9. The van der Waals surface area contributed by atoms with Crippen LogP contribution in [-0.4, -0.2) is 48.0 Å². The number of hydrogen-bond acceptors (Lipinski definition) is 2. The fourth-order valence-electron chi connectivity index (χ4n) is 2.96. The standard InChI is InChI=1S/C17H29N5O.HI/c1-4-19-17(20-12-15-5-8-21(3)13-15)22-9-6-14(7-10-22)11-16(23)18-2;/h5,8,13-14H,4,6-7,9-12H2,1-3H3,(H,18,23)(H,19,20);1H. The van der Waals surface area contributed by atoms with Gasteiger partial charge in [-0.15, -0.1) is 24.0 Å². The van der Waals surface area contributed by atoms with Gasteiger partial charge >= 0.3 is 0 Å². The molecule has 2 N–H and O–H groups in total. The molecule has 0 aliphatic carbocycles. The molecule has 2 rings (SSSR count). The van der Waals surface area contributed by atoms with Crippen LogP contribution in [0, 0.1) is 5.92 Å². The van der Waals surface area contributed by atoms with E-state index in [9.17, 15) is 4.79 Å². The van der Waals surface area contributed by atoms with Crippen molar-refractivity contribution in [1.29, 1.82) is 0 Å². The molecule has 1 aromatic heterocycles. The van der Waals surface area contributed by atoms with Gasteiger partial charge in [0.25, 0.3) is 0 Å². The van der Waals surface area contributed by atoms with E-state index in [1.807, 2.05) is 17.8 Å². The highest BCUT2D eigenvalue weighted by atomic mass is 127. The first-order chi connectivity index (χ1) is 11.1. The number of rotatable bonds is 5. The van der Waals surface area contributed by atoms with E-state index < -0.39 is 0 Å². The van der Waals surface area contributed by atoms with Gasteiger partial charge in [0.2, 0.25) is 5.91 Å². The van der Waals surface area contributed by atoms with Crippen LogP contribution in [0.5, 0.6) is 0 Å². The van der Waals surface area contributed by atoms with Crippen molar-refractivity contribution >= 4 is 35.8 Å². The Kier molecular flexibility index (Phi) is 9.17. The van der Waals surface area contributed by atoms with Crippen LogP contribution in [0.4, 0.5) is 0 Å². The Balaban J connectivity index is 0.00000288. The number of likely N-dealkylation sites (tertiary alicyclic amines) is 1. The number of hydrogen-bond donors (Lipinski definition) is 2. The van der Waals surface area contributed by atoms with Crippen molar-refractivity contribution in [3.05, 3.63) is 24.0 Å². The zero-order chi connectivity index (χ0) is 16.7. The largest absolute Gasteiger partial charge is 0.359 e. The summed E-state index contributed by atoms with van der Waals surface area (Å²) < 4.78 is 2.04. The highest BCUT2D eigenvalue weighted by molar-refractivity contribution is 14.0. The molecule has 6 nitrogen and oxygen atoms in total. The number of amides is 1. The monoisotopic (exact) mass is 447 g/mol. The van der Waals surface area contributed by atoms with E-state index in [-0.39, 0.29) is 29.9 Å². The molecule has 0 atom stereocenters. The molecule has 0 bridgehead atoms. The average molecular weight is 447 g/mol. The number of guanidine groups is 1. The van der Waals surface area contributed by atoms with Gasteiger partial charge in [0, 0.05) is 52.5 Å². The highest BCUT2D eigenvalue weighted by Crippen LogP contribution is 2.20. The molecule has 1 fully saturated rings. The van der Waals surface area contributed by atoms with Gasteiger partial charge in [0.05, 0.1) is 6.54 Å². The van der Waals surface area contributed by atoms with Crippen LogP contribution in [0.1, 0.15) is 31.7 Å². The smallest absolute Gasteiger partial charge is 0.220 e. The summed E-state index contributed by atoms with van der Waals surface area (Å²) in [5.74, 6) is 1.62. The number of halogens is 1. The van der Waals surface area contributed by atoms with Crippen LogP contribution < -0.4 is 10.6 Å². The summed E-state index contributed by atoms with van der Waals surface area (Å²) in [6.07, 6.45) is 6.87. The third-order valence-corrected chi connectivity index (χ3v) is 4.31. The topological polar surface area (TPSA) is 61.7 Å². The third-order valence-electron chi connectivity index (χ3n) is 4.31. The molecule has 24 heavy (non-hydrogen) atoms. The molecule has 0 spiro atoms. The normalized spacial score (nSPS) is 15.8. The fraction of sp³-hybridized carbons (Fsp3) is 0.647. The summed E-state index contributed by atoms with van der Waals surface area (Å²) in [5.41, 5.74) is 1.22. The van der Waals surface area contributed by atoms with E-state index in [4.69, 9.17) is 4.99 Å². The number of aromatic nitrogens is 1. The maximum atomic E-state index is 11.5. The lowest BCUT2D eigenvalue weighted by Crippen LogP contribution is -2.46. The summed E-state index contributed by atoms with van der Waals surface area (Å²) in [7, 11) is 3.73. The summed E-state index contributed by atoms with van der Waals surface area (Å²) in [5, 5.41) is 6.10. The van der Waals surface area contributed by atoms with E-state index >= 15 is 0 Å². The quantitative estimate of drug-likeness (QED) is 0.412. The van der Waals surface area contributed by atoms with Crippen LogP contribution in [0.2, 0.25) is 0 Å². The summed E-state index contributed by atoms with van der Waals surface area (Å²) in [6, 6.07) is 2.10. The minimum Gasteiger partial charge on any atom is -0.359 e. The Morgan fingerprint density at radius 3 is 2.62 bits per heavy atom. The molecule has 7 heteroatoms. The molecular weight excluding hydrogens is 417 g/mol. The van der Waals surface area contributed by atoms with Crippen molar-refractivity contribution < 1.29 is 4.79 Å². The second-order valence-electron chi connectivity index (χ2n) is 6.16. The number of carbonyl (C=O) groups excluding carboxylic acids is 1. The van der Waals surface area contributed by atoms with Gasteiger partial charge in [-0.05, 0) is 37.3 Å². The Bertz CT molecular complexity index is 535. The zero-order valence-corrected chi connectivity index (χ0v) is 17.2. The first kappa shape index (κ1) is 20.8. The lowest BCUT2D eigenvalue weighted by molar-refractivity contribution is -0.121. The number of piperidine rings is 1. The summed E-state index contributed by atoms with van der Waals surface area (Å²) >= 11 is 0. The van der Waals surface area contributed by atoms with E-state index in [1.165, 1.54) is 5.56 Å². The molecular formula is C17H30IN5O. The number of nitrogens with one attached hydrogen (secondary N) is 2. The molecule has 0 radical (unpaired) electrons. The van der Waals surface area contributed by atoms with Gasteiger partial charge in [-0.25, -0.2) is 4.99 Å². The predicted molar refractivity (Wildman–Crippen MR) is 109 cm³/mol. The van der Waals surface area contributed by atoms with Crippen molar-refractivity contribution in [2.75, 3.05) is 26.7 Å². The Morgan fingerprint density at radius 2 is 2.08 bits per heavy atom. The number of aliphatic imine (C=N–C) groups is 1. The van der Waals surface area contributed by atoms with Crippen molar-refractivity contribution in [2.24, 2.45) is 18.0 Å². The van der Waals surface area contributed by atoms with E-state index in [0.29, 0.717) is 18.9 Å². The van der Waals surface area contributed by atoms with Crippen LogP contribution in [0.15, 0.2) is 23.5 Å². The van der Waals surface area contributed by atoms with Gasteiger partial charge < -0.3 is 20.1 Å². The van der Waals surface area contributed by atoms with Crippen LogP contribution >= 0.6 is 24.0 Å². The molecule has 0 aromatic carbocycles. The number of nitrogens with zero attached hydrogens (tertiary/aromatic N) is 3. The molecule has 1 aromatic rings. The molecule has 1 saturated heterocycles. The number of aryl methyl sites for hydroxylation is 1. The number of carbonyl (C=O) groups is 1. The Hall–Kier alpha value is -1.25. The lowest BCUT2D eigenvalue weighted by Gasteiger charge is -2.34. The van der Waals surface area contributed by atoms with Crippen molar-refractivity contribution in [2.45, 2.75) is 32.7 Å². The molecule has 1 aliphatic rings. The summed E-state index contributed by atoms with van der Waals surface area (Å²) in [4.78, 5) is 18.6. The van der Waals surface area contributed by atoms with Crippen LogP contribution in [0.3, 0.4) is 0 Å². The molecule has 0 saturated carbocycles. The maximum absolute atomic E-state index is 11.5. The van der Waals surface area contributed by atoms with E-state index in [1.54, 1.807) is 7.05 Å². The third kappa shape index (κ3) is 6.33. The first-order valence-corrected chi connectivity index (χ1v) is 8.47. The second kappa shape index (κ2) is 10.6. The van der Waals surface area contributed by atoms with Gasteiger partial charge in [-0.1, -0.05) is 0 Å².